The Morgan fingerprint density at radius 2 is 1.62 bits per heavy atom. The first kappa shape index (κ1) is 22.5. The van der Waals surface area contributed by atoms with Crippen LogP contribution in [0.1, 0.15) is 13.8 Å². The average molecular weight is 491 g/mol. The third kappa shape index (κ3) is 4.04. The van der Waals surface area contributed by atoms with Crippen LogP contribution in [0.5, 0.6) is 0 Å². The molecule has 5 aromatic rings. The van der Waals surface area contributed by atoms with Crippen molar-refractivity contribution in [1.82, 2.24) is 28.9 Å². The summed E-state index contributed by atoms with van der Waals surface area (Å²) in [5.41, 5.74) is 3.18. The molecule has 3 heterocycles. The molecule has 0 unspecified atom stereocenters. The number of hydrogen-bond acceptors (Lipinski definition) is 7. The maximum absolute atomic E-state index is 13.0. The highest BCUT2D eigenvalue weighted by molar-refractivity contribution is 7.99. The van der Waals surface area contributed by atoms with Gasteiger partial charge >= 0.3 is 0 Å². The number of nitrogens with zero attached hydrogens (tertiary/aromatic N) is 6. The average Bonchev–Trinajstić information content (AvgIpc) is 3.26. The van der Waals surface area contributed by atoms with Crippen LogP contribution in [0.25, 0.3) is 27.8 Å². The van der Waals surface area contributed by atoms with Crippen molar-refractivity contribution in [2.24, 2.45) is 0 Å². The number of hydrogen-bond donors (Lipinski definition) is 0. The third-order valence-corrected chi connectivity index (χ3v) is 8.36. The van der Waals surface area contributed by atoms with Crippen LogP contribution in [0.4, 0.5) is 0 Å². The van der Waals surface area contributed by atoms with Gasteiger partial charge in [-0.1, -0.05) is 62.4 Å². The van der Waals surface area contributed by atoms with E-state index in [1.807, 2.05) is 68.4 Å². The summed E-state index contributed by atoms with van der Waals surface area (Å²) in [6.07, 6.45) is 1.56. The fourth-order valence-electron chi connectivity index (χ4n) is 3.78. The number of pyridine rings is 1. The van der Waals surface area contributed by atoms with Gasteiger partial charge in [-0.2, -0.15) is 4.31 Å². The van der Waals surface area contributed by atoms with Crippen LogP contribution in [0.3, 0.4) is 0 Å². The Morgan fingerprint density at radius 3 is 2.38 bits per heavy atom. The van der Waals surface area contributed by atoms with Gasteiger partial charge in [-0.15, -0.1) is 10.2 Å². The molecule has 172 valence electrons. The molecule has 0 spiro atoms. The van der Waals surface area contributed by atoms with E-state index in [1.54, 1.807) is 22.7 Å². The van der Waals surface area contributed by atoms with Crippen molar-refractivity contribution >= 4 is 38.3 Å². The molecule has 0 aliphatic heterocycles. The van der Waals surface area contributed by atoms with E-state index < -0.39 is 10.0 Å². The maximum atomic E-state index is 13.0. The molecular formula is C24H22N6O2S2. The minimum atomic E-state index is -3.62. The molecule has 8 nitrogen and oxygen atoms in total. The van der Waals surface area contributed by atoms with Gasteiger partial charge in [0.25, 0.3) is 0 Å². The van der Waals surface area contributed by atoms with Gasteiger partial charge in [0.2, 0.25) is 15.2 Å². The van der Waals surface area contributed by atoms with Crippen LogP contribution in [0.2, 0.25) is 0 Å². The smallest absolute Gasteiger partial charge is 0.244 e. The zero-order valence-electron chi connectivity index (χ0n) is 18.7. The molecule has 0 amide bonds. The zero-order chi connectivity index (χ0) is 23.7. The molecule has 0 saturated carbocycles. The Hall–Kier alpha value is -3.34. The fourth-order valence-corrected chi connectivity index (χ4v) is 6.01. The highest BCUT2D eigenvalue weighted by Gasteiger charge is 2.23. The van der Waals surface area contributed by atoms with E-state index >= 15 is 0 Å². The topological polar surface area (TPSA) is 93.4 Å². The van der Waals surface area contributed by atoms with Crippen molar-refractivity contribution in [2.75, 3.05) is 13.1 Å². The van der Waals surface area contributed by atoms with E-state index in [1.165, 1.54) is 16.1 Å². The first-order valence-electron chi connectivity index (χ1n) is 10.9. The normalized spacial score (nSPS) is 12.1. The molecule has 34 heavy (non-hydrogen) atoms. The first-order chi connectivity index (χ1) is 16.5. The van der Waals surface area contributed by atoms with Gasteiger partial charge in [0.05, 0.1) is 16.1 Å². The molecular weight excluding hydrogens is 468 g/mol. The molecule has 2 aromatic carbocycles. The van der Waals surface area contributed by atoms with Gasteiger partial charge in [-0.3, -0.25) is 4.40 Å². The van der Waals surface area contributed by atoms with Crippen molar-refractivity contribution < 1.29 is 8.42 Å². The Morgan fingerprint density at radius 1 is 0.882 bits per heavy atom. The van der Waals surface area contributed by atoms with Gasteiger partial charge in [-0.25, -0.2) is 18.4 Å². The lowest BCUT2D eigenvalue weighted by atomic mass is 10.1. The lowest BCUT2D eigenvalue weighted by Gasteiger charge is -2.18. The molecule has 0 aliphatic rings. The number of sulfonamides is 1. The summed E-state index contributed by atoms with van der Waals surface area (Å²) in [4.78, 5) is 9.73. The highest BCUT2D eigenvalue weighted by atomic mass is 32.2. The first-order valence-corrected chi connectivity index (χ1v) is 13.1. The quantitative estimate of drug-likeness (QED) is 0.310. The SMILES string of the molecule is CCN(CC)S(=O)(=O)c1ccc2nnc(Sc3nc(-c4ccccc4)c4ccccc4n3)n2c1. The lowest BCUT2D eigenvalue weighted by molar-refractivity contribution is 0.445. The number of para-hydroxylation sites is 1. The van der Waals surface area contributed by atoms with Crippen molar-refractivity contribution in [3.05, 3.63) is 72.9 Å². The highest BCUT2D eigenvalue weighted by Crippen LogP contribution is 2.31. The molecule has 5 rings (SSSR count). The largest absolute Gasteiger partial charge is 0.276 e. The fraction of sp³-hybridized carbons (Fsp3) is 0.167. The van der Waals surface area contributed by atoms with Gasteiger partial charge in [0, 0.05) is 30.2 Å². The minimum Gasteiger partial charge on any atom is -0.276 e. The van der Waals surface area contributed by atoms with Gasteiger partial charge < -0.3 is 0 Å². The number of benzene rings is 2. The van der Waals surface area contributed by atoms with Crippen LogP contribution in [0.15, 0.2) is 88.1 Å². The maximum Gasteiger partial charge on any atom is 0.244 e. The van der Waals surface area contributed by atoms with Crippen molar-refractivity contribution in [3.63, 3.8) is 0 Å². The predicted molar refractivity (Wildman–Crippen MR) is 132 cm³/mol. The zero-order valence-corrected chi connectivity index (χ0v) is 20.3. The second-order valence-electron chi connectivity index (χ2n) is 7.50. The number of rotatable bonds is 7. The Balaban J connectivity index is 1.59. The van der Waals surface area contributed by atoms with Crippen molar-refractivity contribution in [3.8, 4) is 11.3 Å². The molecule has 3 aromatic heterocycles. The van der Waals surface area contributed by atoms with E-state index in [9.17, 15) is 8.42 Å². The summed E-state index contributed by atoms with van der Waals surface area (Å²) in [5.74, 6) is 0. The predicted octanol–water partition coefficient (Wildman–Crippen LogP) is 4.52. The summed E-state index contributed by atoms with van der Waals surface area (Å²) in [6, 6.07) is 21.0. The van der Waals surface area contributed by atoms with Crippen molar-refractivity contribution in [1.29, 1.82) is 0 Å². The number of fused-ring (bicyclic) bond motifs is 2. The molecule has 0 aliphatic carbocycles. The molecule has 0 fully saturated rings. The van der Waals surface area contributed by atoms with Gasteiger partial charge in [-0.05, 0) is 30.0 Å². The van der Waals surface area contributed by atoms with E-state index in [4.69, 9.17) is 9.97 Å². The second-order valence-corrected chi connectivity index (χ2v) is 10.4. The van der Waals surface area contributed by atoms with E-state index in [0.29, 0.717) is 29.0 Å². The van der Waals surface area contributed by atoms with Crippen LogP contribution >= 0.6 is 11.8 Å². The van der Waals surface area contributed by atoms with Crippen molar-refractivity contribution in [2.45, 2.75) is 29.1 Å². The standard InChI is InChI=1S/C24H22N6O2S2/c1-3-29(4-2)34(31,32)18-14-15-21-27-28-24(30(21)16-18)33-23-25-20-13-9-8-12-19(20)22(26-23)17-10-6-5-7-11-17/h5-16H,3-4H2,1-2H3. The van der Waals surface area contributed by atoms with E-state index in [0.717, 1.165) is 22.2 Å². The summed E-state index contributed by atoms with van der Waals surface area (Å²) < 4.78 is 29.1. The van der Waals surface area contributed by atoms with Crippen LogP contribution in [-0.4, -0.2) is 50.4 Å². The molecule has 0 saturated heterocycles. The van der Waals surface area contributed by atoms with Crippen LogP contribution in [0, 0.1) is 0 Å². The summed E-state index contributed by atoms with van der Waals surface area (Å²) in [6.45, 7) is 4.43. The lowest BCUT2D eigenvalue weighted by Crippen LogP contribution is -2.30. The Kier molecular flexibility index (Phi) is 6.03. The summed E-state index contributed by atoms with van der Waals surface area (Å²) >= 11 is 1.25. The minimum absolute atomic E-state index is 0.190. The second kappa shape index (κ2) is 9.13. The molecule has 0 bridgehead atoms. The molecule has 0 atom stereocenters. The summed E-state index contributed by atoms with van der Waals surface area (Å²) in [7, 11) is -3.62. The number of aromatic nitrogens is 5. The molecule has 0 radical (unpaired) electrons. The van der Waals surface area contributed by atoms with Crippen LogP contribution < -0.4 is 0 Å². The molecule has 0 N–H and O–H groups in total. The Labute approximate surface area is 201 Å². The van der Waals surface area contributed by atoms with Crippen LogP contribution in [-0.2, 0) is 10.0 Å². The third-order valence-electron chi connectivity index (χ3n) is 5.50. The van der Waals surface area contributed by atoms with Gasteiger partial charge in [0.15, 0.2) is 10.8 Å². The van der Waals surface area contributed by atoms with Gasteiger partial charge in [0.1, 0.15) is 0 Å². The van der Waals surface area contributed by atoms with E-state index in [-0.39, 0.29) is 4.90 Å². The summed E-state index contributed by atoms with van der Waals surface area (Å²) in [5, 5.41) is 10.4. The monoisotopic (exact) mass is 490 g/mol. The van der Waals surface area contributed by atoms with E-state index in [2.05, 4.69) is 10.2 Å². The molecule has 10 heteroatoms. The Bertz CT molecular complexity index is 1580.